The normalized spacial score (nSPS) is 12.2. The van der Waals surface area contributed by atoms with Crippen LogP contribution in [-0.4, -0.2) is 9.97 Å². The highest BCUT2D eigenvalue weighted by atomic mass is 15.0. The summed E-state index contributed by atoms with van der Waals surface area (Å²) in [7, 11) is 0. The van der Waals surface area contributed by atoms with Gasteiger partial charge >= 0.3 is 0 Å². The molecule has 1 aromatic carbocycles. The average Bonchev–Trinajstić information content (AvgIpc) is 2.32. The fraction of sp³-hybridized carbons (Fsp3) is 0.333. The summed E-state index contributed by atoms with van der Waals surface area (Å²) in [6.45, 7) is 8.38. The molecule has 1 N–H and O–H groups in total. The SMILES string of the molecule is Cc1cncc(NC(C)c2cccc(C)c2C)n1. The Morgan fingerprint density at radius 3 is 2.61 bits per heavy atom. The zero-order valence-corrected chi connectivity index (χ0v) is 11.4. The summed E-state index contributed by atoms with van der Waals surface area (Å²) in [5, 5.41) is 3.39. The number of benzene rings is 1. The smallest absolute Gasteiger partial charge is 0.145 e. The predicted octanol–water partition coefficient (Wildman–Crippen LogP) is 3.57. The number of nitrogens with zero attached hydrogens (tertiary/aromatic N) is 2. The standard InChI is InChI=1S/C15H19N3/c1-10-6-5-7-14(12(10)3)13(4)18-15-9-16-8-11(2)17-15/h5-9,13H,1-4H3,(H,17,18). The second-order valence-electron chi connectivity index (χ2n) is 4.70. The van der Waals surface area contributed by atoms with Crippen molar-refractivity contribution < 1.29 is 0 Å². The van der Waals surface area contributed by atoms with E-state index in [2.05, 4.69) is 54.3 Å². The van der Waals surface area contributed by atoms with Gasteiger partial charge in [-0.2, -0.15) is 0 Å². The van der Waals surface area contributed by atoms with Crippen molar-refractivity contribution in [2.45, 2.75) is 33.7 Å². The molecule has 94 valence electrons. The van der Waals surface area contributed by atoms with Crippen molar-refractivity contribution in [3.63, 3.8) is 0 Å². The lowest BCUT2D eigenvalue weighted by molar-refractivity contribution is 0.856. The van der Waals surface area contributed by atoms with Gasteiger partial charge in [0.25, 0.3) is 0 Å². The molecule has 0 bridgehead atoms. The van der Waals surface area contributed by atoms with Crippen LogP contribution in [-0.2, 0) is 0 Å². The quantitative estimate of drug-likeness (QED) is 0.892. The summed E-state index contributed by atoms with van der Waals surface area (Å²) in [5.74, 6) is 0.823. The Morgan fingerprint density at radius 1 is 1.11 bits per heavy atom. The van der Waals surface area contributed by atoms with Crippen LogP contribution in [0.15, 0.2) is 30.6 Å². The number of rotatable bonds is 3. The summed E-state index contributed by atoms with van der Waals surface area (Å²) in [6, 6.07) is 6.61. The lowest BCUT2D eigenvalue weighted by Gasteiger charge is -2.18. The van der Waals surface area contributed by atoms with Gasteiger partial charge in [-0.25, -0.2) is 4.98 Å². The maximum Gasteiger partial charge on any atom is 0.145 e. The molecule has 0 aliphatic heterocycles. The van der Waals surface area contributed by atoms with Crippen LogP contribution in [0.3, 0.4) is 0 Å². The van der Waals surface area contributed by atoms with Crippen LogP contribution in [0.4, 0.5) is 5.82 Å². The van der Waals surface area contributed by atoms with Crippen molar-refractivity contribution in [2.24, 2.45) is 0 Å². The summed E-state index contributed by atoms with van der Waals surface area (Å²) < 4.78 is 0. The summed E-state index contributed by atoms with van der Waals surface area (Å²) in [6.07, 6.45) is 3.52. The van der Waals surface area contributed by atoms with E-state index >= 15 is 0 Å². The zero-order valence-electron chi connectivity index (χ0n) is 11.4. The van der Waals surface area contributed by atoms with E-state index < -0.39 is 0 Å². The largest absolute Gasteiger partial charge is 0.362 e. The van der Waals surface area contributed by atoms with Crippen LogP contribution in [0.2, 0.25) is 0 Å². The number of aryl methyl sites for hydroxylation is 2. The predicted molar refractivity (Wildman–Crippen MR) is 74.7 cm³/mol. The third-order valence-corrected chi connectivity index (χ3v) is 3.23. The van der Waals surface area contributed by atoms with E-state index in [1.54, 1.807) is 12.4 Å². The molecule has 0 saturated carbocycles. The van der Waals surface area contributed by atoms with Crippen LogP contribution < -0.4 is 5.32 Å². The maximum absolute atomic E-state index is 4.42. The molecule has 0 aliphatic rings. The molecular weight excluding hydrogens is 222 g/mol. The molecule has 3 nitrogen and oxygen atoms in total. The second kappa shape index (κ2) is 5.17. The minimum absolute atomic E-state index is 0.223. The van der Waals surface area contributed by atoms with Gasteiger partial charge < -0.3 is 5.32 Å². The first-order valence-corrected chi connectivity index (χ1v) is 6.19. The first kappa shape index (κ1) is 12.6. The van der Waals surface area contributed by atoms with Crippen molar-refractivity contribution in [1.29, 1.82) is 0 Å². The lowest BCUT2D eigenvalue weighted by atomic mass is 9.98. The third-order valence-electron chi connectivity index (χ3n) is 3.23. The number of hydrogen-bond donors (Lipinski definition) is 1. The van der Waals surface area contributed by atoms with E-state index in [1.807, 2.05) is 6.92 Å². The van der Waals surface area contributed by atoms with Crippen molar-refractivity contribution in [3.8, 4) is 0 Å². The first-order chi connectivity index (χ1) is 8.58. The summed E-state index contributed by atoms with van der Waals surface area (Å²) >= 11 is 0. The Labute approximate surface area is 108 Å². The maximum atomic E-state index is 4.42. The van der Waals surface area contributed by atoms with E-state index in [0.29, 0.717) is 0 Å². The molecule has 0 fully saturated rings. The number of nitrogens with one attached hydrogen (secondary N) is 1. The van der Waals surface area contributed by atoms with Gasteiger partial charge in [0.1, 0.15) is 5.82 Å². The summed E-state index contributed by atoms with van der Waals surface area (Å²) in [5.41, 5.74) is 4.88. The Hall–Kier alpha value is -1.90. The Morgan fingerprint density at radius 2 is 1.89 bits per heavy atom. The highest BCUT2D eigenvalue weighted by Crippen LogP contribution is 2.22. The fourth-order valence-corrected chi connectivity index (χ4v) is 2.08. The molecule has 0 aliphatic carbocycles. The van der Waals surface area contributed by atoms with Crippen LogP contribution in [0.1, 0.15) is 35.3 Å². The first-order valence-electron chi connectivity index (χ1n) is 6.19. The minimum Gasteiger partial charge on any atom is -0.362 e. The Kier molecular flexibility index (Phi) is 3.60. The lowest BCUT2D eigenvalue weighted by Crippen LogP contribution is -2.10. The third kappa shape index (κ3) is 2.67. The van der Waals surface area contributed by atoms with Crippen LogP contribution in [0, 0.1) is 20.8 Å². The minimum atomic E-state index is 0.223. The van der Waals surface area contributed by atoms with Crippen LogP contribution in [0.5, 0.6) is 0 Å². The van der Waals surface area contributed by atoms with Gasteiger partial charge in [-0.05, 0) is 44.4 Å². The number of hydrogen-bond acceptors (Lipinski definition) is 3. The molecule has 1 aromatic heterocycles. The van der Waals surface area contributed by atoms with E-state index in [0.717, 1.165) is 11.5 Å². The van der Waals surface area contributed by atoms with Crippen molar-refractivity contribution in [3.05, 3.63) is 53.0 Å². The van der Waals surface area contributed by atoms with Gasteiger partial charge in [0.05, 0.1) is 17.9 Å². The van der Waals surface area contributed by atoms with Crippen molar-refractivity contribution >= 4 is 5.82 Å². The molecule has 0 radical (unpaired) electrons. The van der Waals surface area contributed by atoms with E-state index in [-0.39, 0.29) is 6.04 Å². The molecule has 3 heteroatoms. The zero-order chi connectivity index (χ0) is 13.1. The summed E-state index contributed by atoms with van der Waals surface area (Å²) in [4.78, 5) is 8.56. The van der Waals surface area contributed by atoms with Gasteiger partial charge in [-0.15, -0.1) is 0 Å². The van der Waals surface area contributed by atoms with Gasteiger partial charge in [0.15, 0.2) is 0 Å². The highest BCUT2D eigenvalue weighted by Gasteiger charge is 2.10. The van der Waals surface area contributed by atoms with E-state index in [4.69, 9.17) is 0 Å². The van der Waals surface area contributed by atoms with Gasteiger partial charge in [0, 0.05) is 6.20 Å². The van der Waals surface area contributed by atoms with E-state index in [1.165, 1.54) is 16.7 Å². The molecular formula is C15H19N3. The van der Waals surface area contributed by atoms with Gasteiger partial charge in [0.2, 0.25) is 0 Å². The van der Waals surface area contributed by atoms with Gasteiger partial charge in [-0.3, -0.25) is 4.98 Å². The molecule has 0 spiro atoms. The van der Waals surface area contributed by atoms with Crippen molar-refractivity contribution in [2.75, 3.05) is 5.32 Å². The molecule has 1 heterocycles. The fourth-order valence-electron chi connectivity index (χ4n) is 2.08. The second-order valence-corrected chi connectivity index (χ2v) is 4.70. The average molecular weight is 241 g/mol. The highest BCUT2D eigenvalue weighted by molar-refractivity contribution is 5.41. The van der Waals surface area contributed by atoms with Crippen LogP contribution >= 0.6 is 0 Å². The monoisotopic (exact) mass is 241 g/mol. The number of aromatic nitrogens is 2. The molecule has 18 heavy (non-hydrogen) atoms. The van der Waals surface area contributed by atoms with Gasteiger partial charge in [-0.1, -0.05) is 18.2 Å². The molecule has 0 saturated heterocycles. The van der Waals surface area contributed by atoms with E-state index in [9.17, 15) is 0 Å². The molecule has 2 rings (SSSR count). The van der Waals surface area contributed by atoms with Crippen LogP contribution in [0.25, 0.3) is 0 Å². The topological polar surface area (TPSA) is 37.8 Å². The Balaban J connectivity index is 2.22. The number of anilines is 1. The molecule has 0 amide bonds. The molecule has 2 aromatic rings. The Bertz CT molecular complexity index is 549. The molecule has 1 unspecified atom stereocenters. The molecule has 1 atom stereocenters. The van der Waals surface area contributed by atoms with Crippen molar-refractivity contribution in [1.82, 2.24) is 9.97 Å².